The van der Waals surface area contributed by atoms with Crippen molar-refractivity contribution in [3.63, 3.8) is 0 Å². The van der Waals surface area contributed by atoms with E-state index >= 15 is 0 Å². The lowest BCUT2D eigenvalue weighted by molar-refractivity contribution is 0.429. The van der Waals surface area contributed by atoms with Crippen LogP contribution in [0, 0.1) is 5.92 Å². The van der Waals surface area contributed by atoms with Gasteiger partial charge in [-0.25, -0.2) is 0 Å². The van der Waals surface area contributed by atoms with Gasteiger partial charge in [-0.2, -0.15) is 0 Å². The Labute approximate surface area is 133 Å². The summed E-state index contributed by atoms with van der Waals surface area (Å²) in [4.78, 5) is 0.601. The fourth-order valence-corrected chi connectivity index (χ4v) is 5.48. The molecule has 0 amide bonds. The van der Waals surface area contributed by atoms with Gasteiger partial charge >= 0.3 is 0 Å². The van der Waals surface area contributed by atoms with Crippen LogP contribution in [-0.2, 0) is 10.8 Å². The Morgan fingerprint density at radius 2 is 1.95 bits per heavy atom. The minimum atomic E-state index is -1.14. The lowest BCUT2D eigenvalue weighted by Gasteiger charge is -2.22. The van der Waals surface area contributed by atoms with Gasteiger partial charge in [0.05, 0.1) is 25.7 Å². The van der Waals surface area contributed by atoms with Gasteiger partial charge in [0.25, 0.3) is 0 Å². The van der Waals surface area contributed by atoms with Gasteiger partial charge in [-0.15, -0.1) is 0 Å². The largest absolute Gasteiger partial charge is 0.314 e. The molecule has 0 heterocycles. The highest BCUT2D eigenvalue weighted by molar-refractivity contribution is 7.86. The summed E-state index contributed by atoms with van der Waals surface area (Å²) >= 11 is 12.4. The lowest BCUT2D eigenvalue weighted by Crippen LogP contribution is -2.35. The number of hydrogen-bond acceptors (Lipinski definition) is 2. The predicted octanol–water partition coefficient (Wildman–Crippen LogP) is 4.27. The summed E-state index contributed by atoms with van der Waals surface area (Å²) in [5.41, 5.74) is 0. The van der Waals surface area contributed by atoms with Crippen molar-refractivity contribution in [1.29, 1.82) is 0 Å². The third-order valence-electron chi connectivity index (χ3n) is 4.03. The Morgan fingerprint density at radius 1 is 1.30 bits per heavy atom. The van der Waals surface area contributed by atoms with E-state index in [1.165, 1.54) is 0 Å². The maximum Gasteiger partial charge on any atom is 0.0763 e. The number of halogens is 2. The molecule has 4 atom stereocenters. The van der Waals surface area contributed by atoms with Gasteiger partial charge < -0.3 is 5.32 Å². The van der Waals surface area contributed by atoms with Gasteiger partial charge in [-0.3, -0.25) is 4.21 Å². The molecule has 2 nitrogen and oxygen atoms in total. The van der Waals surface area contributed by atoms with E-state index in [9.17, 15) is 4.21 Å². The highest BCUT2D eigenvalue weighted by atomic mass is 35.5. The van der Waals surface area contributed by atoms with Crippen LogP contribution in [0.5, 0.6) is 0 Å². The molecule has 1 aliphatic carbocycles. The van der Waals surface area contributed by atoms with Gasteiger partial charge in [0.2, 0.25) is 0 Å². The molecule has 1 saturated carbocycles. The van der Waals surface area contributed by atoms with Crippen LogP contribution in [0.25, 0.3) is 0 Å². The molecular formula is C15H21Cl2NOS. The SMILES string of the molecule is CCCNC1CCC(S(=O)c2c(Cl)cccc2Cl)C1C. The second-order valence-corrected chi connectivity index (χ2v) is 7.81. The van der Waals surface area contributed by atoms with Crippen molar-refractivity contribution in [2.45, 2.75) is 49.3 Å². The quantitative estimate of drug-likeness (QED) is 0.871. The zero-order valence-electron chi connectivity index (χ0n) is 11.9. The van der Waals surface area contributed by atoms with Gasteiger partial charge in [0.15, 0.2) is 0 Å². The third-order valence-corrected chi connectivity index (χ3v) is 6.95. The van der Waals surface area contributed by atoms with Crippen LogP contribution in [0.1, 0.15) is 33.1 Å². The molecule has 2 rings (SSSR count). The van der Waals surface area contributed by atoms with Crippen molar-refractivity contribution >= 4 is 34.0 Å². The highest BCUT2D eigenvalue weighted by Gasteiger charge is 2.37. The van der Waals surface area contributed by atoms with Crippen molar-refractivity contribution in [3.05, 3.63) is 28.2 Å². The average molecular weight is 334 g/mol. The summed E-state index contributed by atoms with van der Waals surface area (Å²) in [5, 5.41) is 4.69. The molecule has 0 saturated heterocycles. The first-order valence-corrected chi connectivity index (χ1v) is 9.11. The van der Waals surface area contributed by atoms with Crippen LogP contribution >= 0.6 is 23.2 Å². The summed E-state index contributed by atoms with van der Waals surface area (Å²) in [5.74, 6) is 0.370. The molecule has 1 fully saturated rings. The standard InChI is InChI=1S/C15H21Cl2NOS/c1-3-9-18-13-7-8-14(10(13)2)20(19)15-11(16)5-4-6-12(15)17/h4-6,10,13-14,18H,3,7-9H2,1-2H3. The second kappa shape index (κ2) is 7.26. The fraction of sp³-hybridized carbons (Fsp3) is 0.600. The zero-order chi connectivity index (χ0) is 14.7. The summed E-state index contributed by atoms with van der Waals surface area (Å²) in [6.45, 7) is 5.35. The minimum Gasteiger partial charge on any atom is -0.314 e. The predicted molar refractivity (Wildman–Crippen MR) is 87.1 cm³/mol. The number of nitrogens with one attached hydrogen (secondary N) is 1. The summed E-state index contributed by atoms with van der Waals surface area (Å²) in [6.07, 6.45) is 3.14. The van der Waals surface area contributed by atoms with Gasteiger partial charge in [0.1, 0.15) is 0 Å². The topological polar surface area (TPSA) is 29.1 Å². The zero-order valence-corrected chi connectivity index (χ0v) is 14.2. The number of hydrogen-bond donors (Lipinski definition) is 1. The van der Waals surface area contributed by atoms with E-state index in [2.05, 4.69) is 19.2 Å². The molecule has 0 spiro atoms. The van der Waals surface area contributed by atoms with E-state index in [-0.39, 0.29) is 5.25 Å². The highest BCUT2D eigenvalue weighted by Crippen LogP contribution is 2.37. The first kappa shape index (κ1) is 16.3. The van der Waals surface area contributed by atoms with Crippen LogP contribution in [0.4, 0.5) is 0 Å². The maximum absolute atomic E-state index is 12.8. The molecule has 4 unspecified atom stereocenters. The second-order valence-electron chi connectivity index (χ2n) is 5.38. The fourth-order valence-electron chi connectivity index (χ4n) is 2.87. The monoisotopic (exact) mass is 333 g/mol. The van der Waals surface area contributed by atoms with Crippen LogP contribution in [0.15, 0.2) is 23.1 Å². The Morgan fingerprint density at radius 3 is 2.55 bits per heavy atom. The van der Waals surface area contributed by atoms with Gasteiger partial charge in [-0.05, 0) is 43.9 Å². The minimum absolute atomic E-state index is 0.127. The Bertz CT molecular complexity index is 475. The third kappa shape index (κ3) is 3.38. The van der Waals surface area contributed by atoms with Crippen LogP contribution in [-0.4, -0.2) is 22.0 Å². The molecule has 0 bridgehead atoms. The van der Waals surface area contributed by atoms with E-state index < -0.39 is 10.8 Å². The van der Waals surface area contributed by atoms with Crippen molar-refractivity contribution < 1.29 is 4.21 Å². The normalized spacial score (nSPS) is 27.7. The smallest absolute Gasteiger partial charge is 0.0763 e. The first-order chi connectivity index (χ1) is 9.56. The Balaban J connectivity index is 2.14. The van der Waals surface area contributed by atoms with E-state index in [0.29, 0.717) is 26.9 Å². The lowest BCUT2D eigenvalue weighted by atomic mass is 10.1. The molecule has 112 valence electrons. The first-order valence-electron chi connectivity index (χ1n) is 7.14. The van der Waals surface area contributed by atoms with E-state index in [0.717, 1.165) is 25.8 Å². The molecule has 5 heteroatoms. The Kier molecular flexibility index (Phi) is 5.91. The molecule has 1 aromatic rings. The summed E-state index contributed by atoms with van der Waals surface area (Å²) in [7, 11) is -1.14. The maximum atomic E-state index is 12.8. The Hall–Kier alpha value is -0.0900. The van der Waals surface area contributed by atoms with Crippen molar-refractivity contribution in [1.82, 2.24) is 5.32 Å². The summed E-state index contributed by atoms with van der Waals surface area (Å²) < 4.78 is 12.8. The van der Waals surface area contributed by atoms with Crippen LogP contribution in [0.3, 0.4) is 0 Å². The molecule has 0 radical (unpaired) electrons. The molecule has 1 aliphatic rings. The van der Waals surface area contributed by atoms with Crippen molar-refractivity contribution in [3.8, 4) is 0 Å². The molecule has 0 aliphatic heterocycles. The molecular weight excluding hydrogens is 313 g/mol. The van der Waals surface area contributed by atoms with Crippen molar-refractivity contribution in [2.24, 2.45) is 5.92 Å². The molecule has 20 heavy (non-hydrogen) atoms. The van der Waals surface area contributed by atoms with Gasteiger partial charge in [0, 0.05) is 11.3 Å². The molecule has 0 aromatic heterocycles. The van der Waals surface area contributed by atoms with Gasteiger partial charge in [-0.1, -0.05) is 43.1 Å². The van der Waals surface area contributed by atoms with E-state index in [1.54, 1.807) is 18.2 Å². The number of rotatable bonds is 5. The van der Waals surface area contributed by atoms with E-state index in [4.69, 9.17) is 23.2 Å². The number of benzene rings is 1. The molecule has 1 aromatic carbocycles. The van der Waals surface area contributed by atoms with E-state index in [1.807, 2.05) is 0 Å². The van der Waals surface area contributed by atoms with Crippen LogP contribution in [0.2, 0.25) is 10.0 Å². The molecule has 1 N–H and O–H groups in total. The van der Waals surface area contributed by atoms with Crippen molar-refractivity contribution in [2.75, 3.05) is 6.54 Å². The van der Waals surface area contributed by atoms with Crippen LogP contribution < -0.4 is 5.32 Å². The summed E-state index contributed by atoms with van der Waals surface area (Å²) in [6, 6.07) is 5.75. The average Bonchev–Trinajstić information content (AvgIpc) is 2.77.